The third-order valence-corrected chi connectivity index (χ3v) is 4.10. The van der Waals surface area contributed by atoms with Crippen LogP contribution in [0, 0.1) is 5.92 Å². The van der Waals surface area contributed by atoms with Crippen LogP contribution in [0.4, 0.5) is 4.79 Å². The second-order valence-corrected chi connectivity index (χ2v) is 7.68. The van der Waals surface area contributed by atoms with Crippen molar-refractivity contribution in [2.24, 2.45) is 5.92 Å². The van der Waals surface area contributed by atoms with Gasteiger partial charge in [-0.25, -0.2) is 4.89 Å². The highest BCUT2D eigenvalue weighted by molar-refractivity contribution is 5.60. The van der Waals surface area contributed by atoms with Crippen LogP contribution in [-0.2, 0) is 9.62 Å². The quantitative estimate of drug-likeness (QED) is 0.404. The van der Waals surface area contributed by atoms with E-state index in [0.29, 0.717) is 17.6 Å². The van der Waals surface area contributed by atoms with Crippen molar-refractivity contribution in [3.8, 4) is 5.75 Å². The number of rotatable bonds is 5. The molecule has 0 radical (unpaired) electrons. The number of hydrogen-bond acceptors (Lipinski definition) is 4. The fourth-order valence-electron chi connectivity index (χ4n) is 2.68. The van der Waals surface area contributed by atoms with Crippen LogP contribution >= 0.6 is 0 Å². The molecule has 1 fully saturated rings. The molecule has 1 saturated carbocycles. The van der Waals surface area contributed by atoms with Crippen molar-refractivity contribution < 1.29 is 19.3 Å². The lowest BCUT2D eigenvalue weighted by atomic mass is 9.90. The third-order valence-electron chi connectivity index (χ3n) is 4.10. The number of ether oxygens (including phenoxy) is 1. The van der Waals surface area contributed by atoms with Crippen LogP contribution in [0.5, 0.6) is 5.75 Å². The Morgan fingerprint density at radius 3 is 2.26 bits per heavy atom. The molecule has 0 N–H and O–H groups in total. The van der Waals surface area contributed by atoms with E-state index in [2.05, 4.69) is 26.8 Å². The van der Waals surface area contributed by atoms with E-state index in [4.69, 9.17) is 14.5 Å². The lowest BCUT2D eigenvalue weighted by Gasteiger charge is -2.21. The van der Waals surface area contributed by atoms with Crippen molar-refractivity contribution >= 4 is 6.16 Å². The fourth-order valence-corrected chi connectivity index (χ4v) is 2.68. The summed E-state index contributed by atoms with van der Waals surface area (Å²) < 4.78 is 5.13. The van der Waals surface area contributed by atoms with Gasteiger partial charge >= 0.3 is 6.16 Å². The molecule has 0 bridgehead atoms. The minimum absolute atomic E-state index is 0.276. The minimum atomic E-state index is -0.818. The van der Waals surface area contributed by atoms with Gasteiger partial charge in [0, 0.05) is 11.1 Å². The Kier molecular flexibility index (Phi) is 5.23. The average Bonchev–Trinajstić information content (AvgIpc) is 3.26. The molecule has 1 aromatic carbocycles. The number of benzene rings is 1. The standard InChI is InChI=1S/C19H28O4/c1-12(2)15-8-7-9-16(13(3)14-10-11-14)17(15)22-23-18(20)21-19(4,5)6/h7-9,12-14H,10-11H2,1-6H3/t13-/m1/s1. The first-order chi connectivity index (χ1) is 10.7. The minimum Gasteiger partial charge on any atom is -0.426 e. The van der Waals surface area contributed by atoms with Crippen LogP contribution in [-0.4, -0.2) is 11.8 Å². The van der Waals surface area contributed by atoms with Gasteiger partial charge in [0.2, 0.25) is 0 Å². The number of para-hydroxylation sites is 1. The lowest BCUT2D eigenvalue weighted by molar-refractivity contribution is -0.181. The summed E-state index contributed by atoms with van der Waals surface area (Å²) >= 11 is 0. The van der Waals surface area contributed by atoms with Crippen LogP contribution in [0.2, 0.25) is 0 Å². The molecule has 0 heterocycles. The molecule has 0 amide bonds. The summed E-state index contributed by atoms with van der Waals surface area (Å²) in [5.74, 6) is 2.03. The zero-order valence-electron chi connectivity index (χ0n) is 15.0. The molecule has 1 aromatic rings. The highest BCUT2D eigenvalue weighted by atomic mass is 17.2. The summed E-state index contributed by atoms with van der Waals surface area (Å²) in [5.41, 5.74) is 1.53. The second kappa shape index (κ2) is 6.81. The van der Waals surface area contributed by atoms with Gasteiger partial charge in [-0.05, 0) is 51.4 Å². The van der Waals surface area contributed by atoms with Crippen molar-refractivity contribution in [1.29, 1.82) is 0 Å². The van der Waals surface area contributed by atoms with Crippen molar-refractivity contribution in [2.45, 2.75) is 71.8 Å². The Morgan fingerprint density at radius 2 is 1.74 bits per heavy atom. The van der Waals surface area contributed by atoms with E-state index in [1.54, 1.807) is 20.8 Å². The summed E-state index contributed by atoms with van der Waals surface area (Å²) in [6.07, 6.45) is 1.68. The molecule has 1 aliphatic rings. The highest BCUT2D eigenvalue weighted by Gasteiger charge is 2.32. The Balaban J connectivity index is 2.19. The predicted molar refractivity (Wildman–Crippen MR) is 89.6 cm³/mol. The highest BCUT2D eigenvalue weighted by Crippen LogP contribution is 2.46. The topological polar surface area (TPSA) is 44.8 Å². The van der Waals surface area contributed by atoms with E-state index < -0.39 is 11.8 Å². The smallest absolute Gasteiger partial charge is 0.426 e. The summed E-state index contributed by atoms with van der Waals surface area (Å²) in [6, 6.07) is 6.12. The third kappa shape index (κ3) is 4.88. The largest absolute Gasteiger partial charge is 0.550 e. The van der Waals surface area contributed by atoms with Gasteiger partial charge in [-0.3, -0.25) is 4.89 Å². The molecule has 4 nitrogen and oxygen atoms in total. The van der Waals surface area contributed by atoms with Crippen LogP contribution in [0.15, 0.2) is 18.2 Å². The second-order valence-electron chi connectivity index (χ2n) is 7.68. The lowest BCUT2D eigenvalue weighted by Crippen LogP contribution is -2.25. The summed E-state index contributed by atoms with van der Waals surface area (Å²) in [6.45, 7) is 11.8. The molecular weight excluding hydrogens is 292 g/mol. The molecule has 0 spiro atoms. The van der Waals surface area contributed by atoms with Gasteiger partial charge in [0.25, 0.3) is 0 Å². The zero-order valence-corrected chi connectivity index (χ0v) is 15.0. The van der Waals surface area contributed by atoms with Gasteiger partial charge in [-0.15, -0.1) is 0 Å². The Morgan fingerprint density at radius 1 is 1.13 bits per heavy atom. The van der Waals surface area contributed by atoms with Crippen LogP contribution in [0.1, 0.15) is 77.3 Å². The normalized spacial score (nSPS) is 16.1. The SMILES string of the molecule is CC(C)c1cccc([C@H](C)C2CC2)c1OOC(=O)OC(C)(C)C. The summed E-state index contributed by atoms with van der Waals surface area (Å²) in [4.78, 5) is 22.2. The van der Waals surface area contributed by atoms with E-state index in [9.17, 15) is 4.79 Å². The van der Waals surface area contributed by atoms with E-state index in [0.717, 1.165) is 11.1 Å². The summed E-state index contributed by atoms with van der Waals surface area (Å²) in [5, 5.41) is 0. The molecule has 0 unspecified atom stereocenters. The maximum Gasteiger partial charge on any atom is 0.550 e. The molecule has 2 rings (SSSR count). The van der Waals surface area contributed by atoms with E-state index in [1.165, 1.54) is 12.8 Å². The van der Waals surface area contributed by atoms with Gasteiger partial charge in [0.05, 0.1) is 0 Å². The van der Waals surface area contributed by atoms with E-state index >= 15 is 0 Å². The van der Waals surface area contributed by atoms with Gasteiger partial charge in [-0.1, -0.05) is 39.0 Å². The first-order valence-corrected chi connectivity index (χ1v) is 8.39. The molecule has 1 aliphatic carbocycles. The van der Waals surface area contributed by atoms with Gasteiger partial charge < -0.3 is 4.74 Å². The molecule has 4 heteroatoms. The van der Waals surface area contributed by atoms with Gasteiger partial charge in [-0.2, -0.15) is 4.79 Å². The van der Waals surface area contributed by atoms with Crippen molar-refractivity contribution in [2.75, 3.05) is 0 Å². The Bertz CT molecular complexity index is 553. The number of carbonyl (C=O) groups excluding carboxylic acids is 1. The maximum atomic E-state index is 11.8. The molecule has 128 valence electrons. The molecule has 23 heavy (non-hydrogen) atoms. The van der Waals surface area contributed by atoms with Crippen LogP contribution in [0.25, 0.3) is 0 Å². The van der Waals surface area contributed by atoms with E-state index in [1.807, 2.05) is 12.1 Å². The van der Waals surface area contributed by atoms with Gasteiger partial charge in [0.1, 0.15) is 5.60 Å². The first kappa shape index (κ1) is 17.6. The monoisotopic (exact) mass is 320 g/mol. The molecule has 0 aromatic heterocycles. The fraction of sp³-hybridized carbons (Fsp3) is 0.632. The number of carbonyl (C=O) groups is 1. The first-order valence-electron chi connectivity index (χ1n) is 8.39. The predicted octanol–water partition coefficient (Wildman–Crippen LogP) is 5.57. The van der Waals surface area contributed by atoms with Gasteiger partial charge in [0.15, 0.2) is 5.75 Å². The van der Waals surface area contributed by atoms with Crippen molar-refractivity contribution in [3.63, 3.8) is 0 Å². The zero-order chi connectivity index (χ0) is 17.2. The van der Waals surface area contributed by atoms with Crippen molar-refractivity contribution in [1.82, 2.24) is 0 Å². The number of hydrogen-bond donors (Lipinski definition) is 0. The molecule has 1 atom stereocenters. The Hall–Kier alpha value is -1.71. The Labute approximate surface area is 139 Å². The van der Waals surface area contributed by atoms with Crippen LogP contribution in [0.3, 0.4) is 0 Å². The average molecular weight is 320 g/mol. The molecular formula is C19H28O4. The van der Waals surface area contributed by atoms with Crippen molar-refractivity contribution in [3.05, 3.63) is 29.3 Å². The molecule has 0 aliphatic heterocycles. The summed E-state index contributed by atoms with van der Waals surface area (Å²) in [7, 11) is 0. The molecule has 0 saturated heterocycles. The maximum absolute atomic E-state index is 11.8. The van der Waals surface area contributed by atoms with E-state index in [-0.39, 0.29) is 5.92 Å². The van der Waals surface area contributed by atoms with Crippen LogP contribution < -0.4 is 4.89 Å².